The Kier molecular flexibility index (Phi) is 6.52. The summed E-state index contributed by atoms with van der Waals surface area (Å²) in [5, 5.41) is 9.43. The lowest BCUT2D eigenvalue weighted by atomic mass is 10.0. The van der Waals surface area contributed by atoms with Crippen molar-refractivity contribution < 1.29 is 19.4 Å². The third-order valence-electron chi connectivity index (χ3n) is 3.56. The highest BCUT2D eigenvalue weighted by molar-refractivity contribution is 6.88. The van der Waals surface area contributed by atoms with E-state index in [9.17, 15) is 14.7 Å². The summed E-state index contributed by atoms with van der Waals surface area (Å²) in [7, 11) is -2.39. The predicted molar refractivity (Wildman–Crippen MR) is 80.6 cm³/mol. The van der Waals surface area contributed by atoms with Crippen LogP contribution in [0.3, 0.4) is 0 Å². The zero-order valence-electron chi connectivity index (χ0n) is 12.8. The molecule has 1 aliphatic carbocycles. The van der Waals surface area contributed by atoms with Crippen LogP contribution in [0.15, 0.2) is 0 Å². The van der Waals surface area contributed by atoms with Crippen LogP contribution in [-0.4, -0.2) is 31.4 Å². The van der Waals surface area contributed by atoms with Crippen molar-refractivity contribution >= 4 is 20.6 Å². The first-order valence-corrected chi connectivity index (χ1v) is 9.34. The molecule has 1 aliphatic rings. The van der Waals surface area contributed by atoms with Gasteiger partial charge in [-0.05, 0) is 26.3 Å². The molecule has 20 heavy (non-hydrogen) atoms. The van der Waals surface area contributed by atoms with Gasteiger partial charge in [0.2, 0.25) is 0 Å². The summed E-state index contributed by atoms with van der Waals surface area (Å²) in [5.74, 6) is 0. The fraction of sp³-hybridized carbons (Fsp3) is 0.857. The molecule has 116 valence electrons. The largest absolute Gasteiger partial charge is 0.484 e. The number of hydrogen-bond acceptors (Lipinski definition) is 3. The second-order valence-corrected chi connectivity index (χ2v) is 9.25. The summed E-state index contributed by atoms with van der Waals surface area (Å²) < 4.78 is 5.19. The molecule has 0 spiro atoms. The number of carbonyl (C=O) groups excluding carboxylic acids is 1. The van der Waals surface area contributed by atoms with Crippen molar-refractivity contribution in [2.24, 2.45) is 0 Å². The first-order valence-electron chi connectivity index (χ1n) is 7.52. The van der Waals surface area contributed by atoms with E-state index >= 15 is 0 Å². The summed E-state index contributed by atoms with van der Waals surface area (Å²) in [6.45, 7) is 5.33. The molecule has 0 aliphatic heterocycles. The van der Waals surface area contributed by atoms with Crippen molar-refractivity contribution in [2.75, 3.05) is 0 Å². The normalized spacial score (nSPS) is 19.6. The van der Waals surface area contributed by atoms with Crippen LogP contribution >= 0.6 is 0 Å². The molecule has 1 amide bonds. The van der Waals surface area contributed by atoms with Crippen LogP contribution in [0, 0.1) is 0 Å². The molecule has 1 rings (SSSR count). The van der Waals surface area contributed by atoms with Crippen molar-refractivity contribution in [1.82, 2.24) is 4.98 Å². The van der Waals surface area contributed by atoms with Crippen molar-refractivity contribution in [3.05, 3.63) is 0 Å². The first-order chi connectivity index (χ1) is 9.29. The maximum absolute atomic E-state index is 11.8. The van der Waals surface area contributed by atoms with Gasteiger partial charge in [-0.25, -0.2) is 4.79 Å². The molecular formula is C14H27NO4Si. The topological polar surface area (TPSA) is 75.6 Å². The Morgan fingerprint density at radius 3 is 2.05 bits per heavy atom. The van der Waals surface area contributed by atoms with Gasteiger partial charge in [-0.1, -0.05) is 44.9 Å². The molecule has 5 nitrogen and oxygen atoms in total. The molecule has 0 radical (unpaired) electrons. The second-order valence-electron chi connectivity index (χ2n) is 6.57. The number of ether oxygens (including phenoxy) is 1. The van der Waals surface area contributed by atoms with Crippen LogP contribution in [0.1, 0.15) is 65.7 Å². The van der Waals surface area contributed by atoms with E-state index in [1.807, 2.05) is 0 Å². The highest BCUT2D eigenvalue weighted by atomic mass is 28.3. The van der Waals surface area contributed by atoms with E-state index in [0.717, 1.165) is 25.7 Å². The summed E-state index contributed by atoms with van der Waals surface area (Å²) in [4.78, 5) is 26.0. The maximum atomic E-state index is 11.8. The Balaban J connectivity index is 2.62. The molecule has 1 fully saturated rings. The van der Waals surface area contributed by atoms with Gasteiger partial charge in [0.15, 0.2) is 0 Å². The van der Waals surface area contributed by atoms with Crippen LogP contribution in [-0.2, 0) is 4.74 Å². The fourth-order valence-corrected chi connectivity index (χ4v) is 4.85. The lowest BCUT2D eigenvalue weighted by Crippen LogP contribution is -2.49. The molecule has 0 aromatic heterocycles. The van der Waals surface area contributed by atoms with E-state index in [0.29, 0.717) is 0 Å². The third-order valence-corrected chi connectivity index (χ3v) is 6.25. The zero-order chi connectivity index (χ0) is 15.2. The fourth-order valence-electron chi connectivity index (χ4n) is 2.64. The van der Waals surface area contributed by atoms with Crippen molar-refractivity contribution in [2.45, 2.75) is 76.9 Å². The van der Waals surface area contributed by atoms with Crippen LogP contribution in [0.4, 0.5) is 9.59 Å². The van der Waals surface area contributed by atoms with Gasteiger partial charge in [0.1, 0.15) is 5.60 Å². The highest BCUT2D eigenvalue weighted by Crippen LogP contribution is 2.28. The van der Waals surface area contributed by atoms with E-state index in [-0.39, 0.29) is 5.54 Å². The Labute approximate surface area is 122 Å². The van der Waals surface area contributed by atoms with Crippen LogP contribution in [0.5, 0.6) is 0 Å². The lowest BCUT2D eigenvalue weighted by Gasteiger charge is -2.26. The predicted octanol–water partition coefficient (Wildman–Crippen LogP) is 3.61. The van der Waals surface area contributed by atoms with Gasteiger partial charge in [0, 0.05) is 0 Å². The molecule has 0 aromatic rings. The van der Waals surface area contributed by atoms with Crippen LogP contribution < -0.4 is 4.98 Å². The van der Waals surface area contributed by atoms with Gasteiger partial charge in [-0.3, -0.25) is 4.79 Å². The molecule has 0 aromatic carbocycles. The van der Waals surface area contributed by atoms with Crippen molar-refractivity contribution in [1.29, 1.82) is 0 Å². The third kappa shape index (κ3) is 6.41. The Morgan fingerprint density at radius 2 is 1.60 bits per heavy atom. The minimum absolute atomic E-state index is 0.139. The second kappa shape index (κ2) is 7.66. The Bertz CT molecular complexity index is 333. The smallest absolute Gasteiger partial charge is 0.399 e. The number of carboxylic acid groups (broad SMARTS) is 1. The SMILES string of the molecule is CC(C)(C)OC(=O)N[Si@H](C(=O)O)C1CCCCCCC1. The van der Waals surface area contributed by atoms with E-state index in [4.69, 9.17) is 4.74 Å². The molecular weight excluding hydrogens is 274 g/mol. The number of rotatable bonds is 3. The van der Waals surface area contributed by atoms with Crippen molar-refractivity contribution in [3.8, 4) is 0 Å². The minimum atomic E-state index is -2.39. The van der Waals surface area contributed by atoms with E-state index in [1.165, 1.54) is 19.3 Å². The maximum Gasteiger partial charge on any atom is 0.399 e. The van der Waals surface area contributed by atoms with Gasteiger partial charge in [-0.15, -0.1) is 0 Å². The van der Waals surface area contributed by atoms with E-state index in [1.54, 1.807) is 20.8 Å². The Hall–Kier alpha value is -1.04. The van der Waals surface area contributed by atoms with Gasteiger partial charge in [-0.2, -0.15) is 0 Å². The number of nitrogens with one attached hydrogen (secondary N) is 1. The van der Waals surface area contributed by atoms with Gasteiger partial charge in [0.25, 0.3) is 14.6 Å². The highest BCUT2D eigenvalue weighted by Gasteiger charge is 2.33. The molecule has 0 unspecified atom stereocenters. The molecule has 0 bridgehead atoms. The standard InChI is InChI=1S/C14H27NO4Si/c1-14(2,3)19-12(16)15-20(13(17)18)11-9-7-5-4-6-8-10-11/h11,20H,4-10H2,1-3H3,(H,15,16)(H,17,18)/t20-/m0/s1. The zero-order valence-corrected chi connectivity index (χ0v) is 13.9. The van der Waals surface area contributed by atoms with Gasteiger partial charge in [0.05, 0.1) is 0 Å². The van der Waals surface area contributed by atoms with Gasteiger partial charge >= 0.3 is 6.09 Å². The van der Waals surface area contributed by atoms with Crippen molar-refractivity contribution in [3.63, 3.8) is 0 Å². The molecule has 1 atom stereocenters. The quantitative estimate of drug-likeness (QED) is 0.781. The van der Waals surface area contributed by atoms with E-state index in [2.05, 4.69) is 4.98 Å². The number of carbonyl (C=O) groups is 2. The minimum Gasteiger partial charge on any atom is -0.484 e. The van der Waals surface area contributed by atoms with Gasteiger partial charge < -0.3 is 14.8 Å². The summed E-state index contributed by atoms with van der Waals surface area (Å²) in [6, 6.07) is 0. The molecule has 6 heteroatoms. The summed E-state index contributed by atoms with van der Waals surface area (Å²) in [6.07, 6.45) is 6.96. The average molecular weight is 301 g/mol. The van der Waals surface area contributed by atoms with Crippen LogP contribution in [0.2, 0.25) is 5.54 Å². The monoisotopic (exact) mass is 301 g/mol. The summed E-state index contributed by atoms with van der Waals surface area (Å²) in [5.41, 5.74) is -1.29. The molecule has 1 saturated carbocycles. The van der Waals surface area contributed by atoms with E-state index < -0.39 is 26.2 Å². The Morgan fingerprint density at radius 1 is 1.10 bits per heavy atom. The molecule has 0 heterocycles. The lowest BCUT2D eigenvalue weighted by molar-refractivity contribution is 0.0564. The summed E-state index contributed by atoms with van der Waals surface area (Å²) >= 11 is 0. The first kappa shape index (κ1) is 17.0. The number of hydrogen-bond donors (Lipinski definition) is 2. The molecule has 0 saturated heterocycles. The average Bonchev–Trinajstić information content (AvgIpc) is 2.23. The number of amides is 1. The van der Waals surface area contributed by atoms with Crippen LogP contribution in [0.25, 0.3) is 0 Å². The molecule has 2 N–H and O–H groups in total.